The van der Waals surface area contributed by atoms with Gasteiger partial charge in [-0.1, -0.05) is 24.6 Å². The van der Waals surface area contributed by atoms with Crippen LogP contribution in [0.1, 0.15) is 61.5 Å². The minimum atomic E-state index is -0.816. The van der Waals surface area contributed by atoms with Crippen LogP contribution in [0.25, 0.3) is 0 Å². The van der Waals surface area contributed by atoms with Crippen LogP contribution in [0.5, 0.6) is 0 Å². The highest BCUT2D eigenvalue weighted by atomic mass is 16.4. The third-order valence-electron chi connectivity index (χ3n) is 5.85. The van der Waals surface area contributed by atoms with E-state index in [1.165, 1.54) is 19.4 Å². The first-order valence-electron chi connectivity index (χ1n) is 10.1. The molecule has 3 rings (SSSR count). The number of H-pyrrole nitrogens is 1. The van der Waals surface area contributed by atoms with Gasteiger partial charge in [0.2, 0.25) is 0 Å². The predicted octanol–water partition coefficient (Wildman–Crippen LogP) is 2.38. The number of hydrogen-bond acceptors (Lipinski definition) is 5. The first kappa shape index (κ1) is 20.4. The van der Waals surface area contributed by atoms with Gasteiger partial charge in [-0.05, 0) is 37.3 Å². The smallest absolute Gasteiger partial charge is 0.307 e. The van der Waals surface area contributed by atoms with Crippen molar-refractivity contribution in [2.24, 2.45) is 5.92 Å². The normalized spacial score (nSPS) is 21.2. The zero-order chi connectivity index (χ0) is 20.1. The average Bonchev–Trinajstić information content (AvgIpc) is 3.18. The SMILES string of the molecule is CCC[C@H](C(=O)O)[C@H](Cc1ccc(C2CCC[N+](C)(C)C2)nc1)c1nn[nH]n1. The maximum absolute atomic E-state index is 11.8. The number of aliphatic carboxylic acids is 1. The van der Waals surface area contributed by atoms with Crippen molar-refractivity contribution < 1.29 is 14.4 Å². The maximum Gasteiger partial charge on any atom is 0.307 e. The molecule has 0 bridgehead atoms. The van der Waals surface area contributed by atoms with E-state index in [2.05, 4.69) is 46.9 Å². The summed E-state index contributed by atoms with van der Waals surface area (Å²) in [7, 11) is 4.55. The quantitative estimate of drug-likeness (QED) is 0.674. The van der Waals surface area contributed by atoms with E-state index in [4.69, 9.17) is 4.98 Å². The summed E-state index contributed by atoms with van der Waals surface area (Å²) in [5.74, 6) is -0.745. The number of tetrazole rings is 1. The molecule has 0 spiro atoms. The molecule has 2 N–H and O–H groups in total. The van der Waals surface area contributed by atoms with Gasteiger partial charge >= 0.3 is 5.97 Å². The van der Waals surface area contributed by atoms with Crippen molar-refractivity contribution in [1.82, 2.24) is 25.6 Å². The molecule has 1 unspecified atom stereocenters. The van der Waals surface area contributed by atoms with Crippen molar-refractivity contribution in [3.8, 4) is 0 Å². The number of piperidine rings is 1. The lowest BCUT2D eigenvalue weighted by Crippen LogP contribution is -2.46. The third kappa shape index (κ3) is 4.92. The average molecular weight is 388 g/mol. The molecule has 3 atom stereocenters. The summed E-state index contributed by atoms with van der Waals surface area (Å²) in [4.78, 5) is 16.6. The van der Waals surface area contributed by atoms with Gasteiger partial charge in [0.1, 0.15) is 0 Å². The van der Waals surface area contributed by atoms with E-state index in [0.29, 0.717) is 24.6 Å². The maximum atomic E-state index is 11.8. The number of aromatic amines is 1. The van der Waals surface area contributed by atoms with Crippen molar-refractivity contribution in [1.29, 1.82) is 0 Å². The second kappa shape index (κ2) is 8.77. The molecule has 1 fully saturated rings. The minimum Gasteiger partial charge on any atom is -0.481 e. The van der Waals surface area contributed by atoms with Crippen molar-refractivity contribution in [3.05, 3.63) is 35.4 Å². The lowest BCUT2D eigenvalue weighted by molar-refractivity contribution is -0.896. The molecule has 0 aromatic carbocycles. The summed E-state index contributed by atoms with van der Waals surface area (Å²) in [6.45, 7) is 4.31. The summed E-state index contributed by atoms with van der Waals surface area (Å²) in [6.07, 6.45) is 6.20. The van der Waals surface area contributed by atoms with Gasteiger partial charge in [-0.15, -0.1) is 10.2 Å². The molecular formula is C20H31N6O2+. The zero-order valence-electron chi connectivity index (χ0n) is 17.0. The molecule has 0 amide bonds. The van der Waals surface area contributed by atoms with E-state index < -0.39 is 11.9 Å². The van der Waals surface area contributed by atoms with E-state index in [-0.39, 0.29) is 5.92 Å². The Morgan fingerprint density at radius 3 is 2.79 bits per heavy atom. The van der Waals surface area contributed by atoms with Crippen molar-refractivity contribution in [2.45, 2.75) is 50.9 Å². The summed E-state index contributed by atoms with van der Waals surface area (Å²) in [5, 5.41) is 23.9. The largest absolute Gasteiger partial charge is 0.481 e. The topological polar surface area (TPSA) is 105 Å². The number of aromatic nitrogens is 5. The van der Waals surface area contributed by atoms with Crippen LogP contribution in [-0.4, -0.2) is 68.4 Å². The van der Waals surface area contributed by atoms with Gasteiger partial charge < -0.3 is 9.59 Å². The molecule has 0 aliphatic carbocycles. The number of nitrogens with zero attached hydrogens (tertiary/aromatic N) is 5. The lowest BCUT2D eigenvalue weighted by atomic mass is 9.83. The molecule has 152 valence electrons. The first-order chi connectivity index (χ1) is 13.4. The monoisotopic (exact) mass is 387 g/mol. The molecule has 2 aromatic heterocycles. The second-order valence-electron chi connectivity index (χ2n) is 8.59. The highest BCUT2D eigenvalue weighted by molar-refractivity contribution is 5.71. The van der Waals surface area contributed by atoms with Crippen LogP contribution in [0.2, 0.25) is 0 Å². The molecule has 1 aliphatic heterocycles. The number of carbonyl (C=O) groups is 1. The number of likely N-dealkylation sites (tertiary alicyclic amines) is 1. The van der Waals surface area contributed by atoms with E-state index in [0.717, 1.165) is 28.7 Å². The lowest BCUT2D eigenvalue weighted by Gasteiger charge is -2.37. The number of likely N-dealkylation sites (N-methyl/N-ethyl adjacent to an activating group) is 1. The molecular weight excluding hydrogens is 356 g/mol. The highest BCUT2D eigenvalue weighted by Crippen LogP contribution is 2.31. The van der Waals surface area contributed by atoms with Gasteiger partial charge in [-0.2, -0.15) is 5.21 Å². The fourth-order valence-corrected chi connectivity index (χ4v) is 4.39. The van der Waals surface area contributed by atoms with Gasteiger partial charge in [0.05, 0.1) is 39.0 Å². The Morgan fingerprint density at radius 2 is 2.21 bits per heavy atom. The number of rotatable bonds is 8. The molecule has 2 aromatic rings. The summed E-state index contributed by atoms with van der Waals surface area (Å²) in [6, 6.07) is 4.18. The van der Waals surface area contributed by atoms with Crippen LogP contribution < -0.4 is 0 Å². The fraction of sp³-hybridized carbons (Fsp3) is 0.650. The number of carboxylic acids is 1. The minimum absolute atomic E-state index is 0.325. The van der Waals surface area contributed by atoms with Crippen LogP contribution in [0, 0.1) is 5.92 Å². The molecule has 8 nitrogen and oxygen atoms in total. The predicted molar refractivity (Wildman–Crippen MR) is 105 cm³/mol. The van der Waals surface area contributed by atoms with Crippen LogP contribution >= 0.6 is 0 Å². The second-order valence-corrected chi connectivity index (χ2v) is 8.59. The van der Waals surface area contributed by atoms with E-state index in [1.54, 1.807) is 0 Å². The summed E-state index contributed by atoms with van der Waals surface area (Å²) < 4.78 is 1.03. The first-order valence-corrected chi connectivity index (χ1v) is 10.1. The van der Waals surface area contributed by atoms with Crippen LogP contribution in [0.3, 0.4) is 0 Å². The Bertz CT molecular complexity index is 760. The van der Waals surface area contributed by atoms with Crippen molar-refractivity contribution in [3.63, 3.8) is 0 Å². The Balaban J connectivity index is 1.77. The standard InChI is InChI=1S/C20H30N6O2/c1-4-6-16(20(27)28)17(19-22-24-25-23-19)11-14-8-9-18(21-12-14)15-7-5-10-26(2,3)13-15/h8-9,12,15-17H,4-7,10-11,13H2,1-3H3,(H-,22,23,24,25,27,28)/p+1/t15?,16-,17-/m0/s1. The van der Waals surface area contributed by atoms with Crippen LogP contribution in [0.15, 0.2) is 18.3 Å². The number of hydrogen-bond donors (Lipinski definition) is 2. The zero-order valence-corrected chi connectivity index (χ0v) is 17.0. The van der Waals surface area contributed by atoms with Gasteiger partial charge in [0.25, 0.3) is 0 Å². The van der Waals surface area contributed by atoms with E-state index in [9.17, 15) is 9.90 Å². The third-order valence-corrected chi connectivity index (χ3v) is 5.85. The Morgan fingerprint density at radius 1 is 1.39 bits per heavy atom. The van der Waals surface area contributed by atoms with Gasteiger partial charge in [0.15, 0.2) is 5.82 Å². The fourth-order valence-electron chi connectivity index (χ4n) is 4.39. The number of pyridine rings is 1. The summed E-state index contributed by atoms with van der Waals surface area (Å²) >= 11 is 0. The van der Waals surface area contributed by atoms with E-state index >= 15 is 0 Å². The molecule has 1 saturated heterocycles. The number of carboxylic acid groups (broad SMARTS) is 1. The van der Waals surface area contributed by atoms with Crippen LogP contribution in [0.4, 0.5) is 0 Å². The Kier molecular flexibility index (Phi) is 6.39. The van der Waals surface area contributed by atoms with Gasteiger partial charge in [-0.25, -0.2) is 0 Å². The van der Waals surface area contributed by atoms with Crippen molar-refractivity contribution >= 4 is 5.97 Å². The van der Waals surface area contributed by atoms with Crippen LogP contribution in [-0.2, 0) is 11.2 Å². The molecule has 0 saturated carbocycles. The van der Waals surface area contributed by atoms with Gasteiger partial charge in [0, 0.05) is 17.8 Å². The summed E-state index contributed by atoms with van der Waals surface area (Å²) in [5.41, 5.74) is 2.14. The molecule has 0 radical (unpaired) electrons. The molecule has 28 heavy (non-hydrogen) atoms. The van der Waals surface area contributed by atoms with Gasteiger partial charge in [-0.3, -0.25) is 9.78 Å². The highest BCUT2D eigenvalue weighted by Gasteiger charge is 2.32. The molecule has 3 heterocycles. The number of nitrogens with one attached hydrogen (secondary N) is 1. The van der Waals surface area contributed by atoms with Crippen molar-refractivity contribution in [2.75, 3.05) is 27.2 Å². The Hall–Kier alpha value is -2.35. The van der Waals surface area contributed by atoms with E-state index in [1.807, 2.05) is 13.1 Å². The number of quaternary nitrogens is 1. The molecule has 8 heteroatoms. The Labute approximate surface area is 166 Å². The molecule has 1 aliphatic rings.